The molecule has 0 aromatic carbocycles. The van der Waals surface area contributed by atoms with Crippen LogP contribution in [0, 0.1) is 11.7 Å². The van der Waals surface area contributed by atoms with E-state index in [0.717, 1.165) is 40.9 Å². The fourth-order valence-corrected chi connectivity index (χ4v) is 2.84. The molecule has 1 saturated carbocycles. The Morgan fingerprint density at radius 1 is 1.56 bits per heavy atom. The molecule has 0 unspecified atom stereocenters. The zero-order valence-corrected chi connectivity index (χ0v) is 11.5. The molecule has 96 valence electrons. The van der Waals surface area contributed by atoms with Gasteiger partial charge in [-0.25, -0.2) is 4.98 Å². The molecule has 0 bridgehead atoms. The lowest BCUT2D eigenvalue weighted by atomic mass is 9.80. The zero-order valence-electron chi connectivity index (χ0n) is 10.7. The first kappa shape index (κ1) is 11.9. The van der Waals surface area contributed by atoms with Crippen molar-refractivity contribution in [3.8, 4) is 0 Å². The number of aromatic amines is 1. The van der Waals surface area contributed by atoms with Crippen molar-refractivity contribution in [2.24, 2.45) is 0 Å². The largest absolute Gasteiger partial charge is 0.376 e. The Morgan fingerprint density at radius 2 is 2.33 bits per heavy atom. The minimum atomic E-state index is -0.0417. The summed E-state index contributed by atoms with van der Waals surface area (Å²) in [6.45, 7) is 2.82. The average molecular weight is 263 g/mol. The molecule has 0 spiro atoms. The molecule has 0 amide bonds. The van der Waals surface area contributed by atoms with Crippen LogP contribution in [0.4, 0.5) is 0 Å². The number of rotatable bonds is 3. The molecule has 0 aliphatic heterocycles. The second-order valence-corrected chi connectivity index (χ2v) is 5.53. The predicted molar refractivity (Wildman–Crippen MR) is 73.2 cm³/mol. The van der Waals surface area contributed by atoms with E-state index in [1.807, 2.05) is 13.1 Å². The van der Waals surface area contributed by atoms with Crippen molar-refractivity contribution >= 4 is 23.4 Å². The van der Waals surface area contributed by atoms with Crippen LogP contribution >= 0.6 is 12.2 Å². The van der Waals surface area contributed by atoms with Gasteiger partial charge >= 0.3 is 0 Å². The first-order chi connectivity index (χ1) is 8.63. The Hall–Kier alpha value is -1.20. The van der Waals surface area contributed by atoms with Gasteiger partial charge in [-0.05, 0) is 50.0 Å². The summed E-state index contributed by atoms with van der Waals surface area (Å²) >= 11 is 5.40. The number of aromatic nitrogens is 3. The van der Waals surface area contributed by atoms with Gasteiger partial charge in [-0.15, -0.1) is 0 Å². The number of hydrogen-bond donors (Lipinski definition) is 1. The average Bonchev–Trinajstić information content (AvgIpc) is 2.59. The van der Waals surface area contributed by atoms with Gasteiger partial charge in [-0.2, -0.15) is 0 Å². The summed E-state index contributed by atoms with van der Waals surface area (Å²) in [5.74, 6) is 0. The van der Waals surface area contributed by atoms with Gasteiger partial charge in [0.1, 0.15) is 0 Å². The van der Waals surface area contributed by atoms with Crippen LogP contribution in [0.2, 0.25) is 0 Å². The molecule has 2 aromatic rings. The van der Waals surface area contributed by atoms with Crippen LogP contribution in [0.25, 0.3) is 11.2 Å². The maximum absolute atomic E-state index is 5.67. The minimum absolute atomic E-state index is 0.0417. The molecule has 4 nitrogen and oxygen atoms in total. The summed E-state index contributed by atoms with van der Waals surface area (Å²) in [6.07, 6.45) is 5.31. The van der Waals surface area contributed by atoms with Gasteiger partial charge in [0, 0.05) is 13.3 Å². The standard InChI is InChI=1S/C13H17N3OS/c1-9-6-10-11(14-7-9)16(12(18)15-10)8-13(17-2)4-3-5-13/h6-7H,3-5,8H2,1-2H3,(H,15,18). The van der Waals surface area contributed by atoms with Crippen molar-refractivity contribution in [3.63, 3.8) is 0 Å². The van der Waals surface area contributed by atoms with E-state index in [9.17, 15) is 0 Å². The molecule has 1 N–H and O–H groups in total. The molecule has 0 saturated heterocycles. The highest BCUT2D eigenvalue weighted by Crippen LogP contribution is 2.37. The number of methoxy groups -OCH3 is 1. The lowest BCUT2D eigenvalue weighted by molar-refractivity contribution is -0.0831. The quantitative estimate of drug-likeness (QED) is 0.866. The number of hydrogen-bond acceptors (Lipinski definition) is 3. The Labute approximate surface area is 111 Å². The number of imidazole rings is 1. The molecule has 1 fully saturated rings. The van der Waals surface area contributed by atoms with Crippen molar-refractivity contribution in [3.05, 3.63) is 22.6 Å². The van der Waals surface area contributed by atoms with E-state index >= 15 is 0 Å². The Bertz CT molecular complexity index is 634. The van der Waals surface area contributed by atoms with Crippen LogP contribution in [0.15, 0.2) is 12.3 Å². The SMILES string of the molecule is COC1(Cn2c(=S)[nH]c3cc(C)cnc32)CCC1. The van der Waals surface area contributed by atoms with Crippen molar-refractivity contribution in [1.82, 2.24) is 14.5 Å². The van der Waals surface area contributed by atoms with Gasteiger partial charge in [0.2, 0.25) is 0 Å². The molecule has 5 heteroatoms. The molecule has 2 aromatic heterocycles. The second kappa shape index (κ2) is 4.17. The first-order valence-corrected chi connectivity index (χ1v) is 6.65. The third-order valence-corrected chi connectivity index (χ3v) is 4.21. The highest BCUT2D eigenvalue weighted by molar-refractivity contribution is 7.71. The summed E-state index contributed by atoms with van der Waals surface area (Å²) < 4.78 is 8.46. The highest BCUT2D eigenvalue weighted by Gasteiger charge is 2.38. The Balaban J connectivity index is 2.06. The van der Waals surface area contributed by atoms with Gasteiger partial charge in [-0.3, -0.25) is 4.57 Å². The Morgan fingerprint density at radius 3 is 2.94 bits per heavy atom. The molecule has 1 aliphatic rings. The monoisotopic (exact) mass is 263 g/mol. The van der Waals surface area contributed by atoms with Gasteiger partial charge in [0.05, 0.1) is 17.7 Å². The molecule has 0 atom stereocenters. The maximum Gasteiger partial charge on any atom is 0.179 e. The summed E-state index contributed by atoms with van der Waals surface area (Å²) in [5, 5.41) is 0. The number of nitrogens with zero attached hydrogens (tertiary/aromatic N) is 2. The minimum Gasteiger partial charge on any atom is -0.376 e. The van der Waals surface area contributed by atoms with Crippen LogP contribution in [0.1, 0.15) is 24.8 Å². The molecule has 3 rings (SSSR count). The van der Waals surface area contributed by atoms with E-state index < -0.39 is 0 Å². The molecular weight excluding hydrogens is 246 g/mol. The van der Waals surface area contributed by atoms with Crippen LogP contribution in [0.5, 0.6) is 0 Å². The number of fused-ring (bicyclic) bond motifs is 1. The van der Waals surface area contributed by atoms with Gasteiger partial charge in [0.15, 0.2) is 10.4 Å². The van der Waals surface area contributed by atoms with E-state index in [2.05, 4.69) is 20.6 Å². The fourth-order valence-electron chi connectivity index (χ4n) is 2.58. The summed E-state index contributed by atoms with van der Waals surface area (Å²) in [7, 11) is 1.79. The van der Waals surface area contributed by atoms with Gasteiger partial charge in [-0.1, -0.05) is 0 Å². The number of nitrogens with one attached hydrogen (secondary N) is 1. The van der Waals surface area contributed by atoms with Gasteiger partial charge in [0.25, 0.3) is 0 Å². The third-order valence-electron chi connectivity index (χ3n) is 3.89. The Kier molecular flexibility index (Phi) is 2.75. The number of H-pyrrole nitrogens is 1. The lowest BCUT2D eigenvalue weighted by Crippen LogP contribution is -2.43. The van der Waals surface area contributed by atoms with Crippen molar-refractivity contribution in [1.29, 1.82) is 0 Å². The summed E-state index contributed by atoms with van der Waals surface area (Å²) in [6, 6.07) is 2.08. The lowest BCUT2D eigenvalue weighted by Gasteiger charge is -2.40. The van der Waals surface area contributed by atoms with Crippen LogP contribution in [-0.4, -0.2) is 27.2 Å². The number of aryl methyl sites for hydroxylation is 1. The van der Waals surface area contributed by atoms with E-state index in [4.69, 9.17) is 17.0 Å². The van der Waals surface area contributed by atoms with E-state index in [1.165, 1.54) is 6.42 Å². The molecular formula is C13H17N3OS. The summed E-state index contributed by atoms with van der Waals surface area (Å²) in [5.41, 5.74) is 3.02. The second-order valence-electron chi connectivity index (χ2n) is 5.14. The topological polar surface area (TPSA) is 42.8 Å². The smallest absolute Gasteiger partial charge is 0.179 e. The molecule has 2 heterocycles. The van der Waals surface area contributed by atoms with E-state index in [0.29, 0.717) is 0 Å². The van der Waals surface area contributed by atoms with Crippen LogP contribution in [0.3, 0.4) is 0 Å². The van der Waals surface area contributed by atoms with Crippen molar-refractivity contribution < 1.29 is 4.74 Å². The summed E-state index contributed by atoms with van der Waals surface area (Å²) in [4.78, 5) is 7.71. The van der Waals surface area contributed by atoms with Crippen LogP contribution in [-0.2, 0) is 11.3 Å². The van der Waals surface area contributed by atoms with Crippen LogP contribution < -0.4 is 0 Å². The van der Waals surface area contributed by atoms with Gasteiger partial charge < -0.3 is 9.72 Å². The molecule has 0 radical (unpaired) electrons. The van der Waals surface area contributed by atoms with E-state index in [1.54, 1.807) is 7.11 Å². The molecule has 18 heavy (non-hydrogen) atoms. The zero-order chi connectivity index (χ0) is 12.8. The highest BCUT2D eigenvalue weighted by atomic mass is 32.1. The molecule has 1 aliphatic carbocycles. The number of pyridine rings is 1. The maximum atomic E-state index is 5.67. The van der Waals surface area contributed by atoms with Crippen molar-refractivity contribution in [2.45, 2.75) is 38.3 Å². The fraction of sp³-hybridized carbons (Fsp3) is 0.538. The van der Waals surface area contributed by atoms with E-state index in [-0.39, 0.29) is 5.60 Å². The number of ether oxygens (including phenoxy) is 1. The predicted octanol–water partition coefficient (Wildman–Crippen LogP) is 2.97. The first-order valence-electron chi connectivity index (χ1n) is 6.24. The normalized spacial score (nSPS) is 17.9. The third kappa shape index (κ3) is 1.78. The van der Waals surface area contributed by atoms with Crippen molar-refractivity contribution in [2.75, 3.05) is 7.11 Å².